The maximum atomic E-state index is 11.9. The van der Waals surface area contributed by atoms with Crippen molar-refractivity contribution in [1.82, 2.24) is 0 Å². The second-order valence-corrected chi connectivity index (χ2v) is 5.96. The number of carbonyl (C=O) groups excluding carboxylic acids is 1. The number of hydrogen-bond donors (Lipinski definition) is 1. The fourth-order valence-corrected chi connectivity index (χ4v) is 2.30. The van der Waals surface area contributed by atoms with Crippen molar-refractivity contribution >= 4 is 34.8 Å². The average Bonchev–Trinajstić information content (AvgIpc) is 2.46. The van der Waals surface area contributed by atoms with Crippen LogP contribution in [0.1, 0.15) is 16.7 Å². The van der Waals surface area contributed by atoms with Gasteiger partial charge >= 0.3 is 0 Å². The number of amides is 1. The summed E-state index contributed by atoms with van der Waals surface area (Å²) < 4.78 is 5.51. The van der Waals surface area contributed by atoms with Crippen LogP contribution in [0.3, 0.4) is 0 Å². The minimum atomic E-state index is -0.245. The summed E-state index contributed by atoms with van der Waals surface area (Å²) in [6, 6.07) is 8.99. The standard InChI is InChI=1S/C17H17Cl2NO2/c1-10-4-5-13(8-15(10)18)20-16(21)9-22-14-6-11(2)17(19)12(3)7-14/h4-8H,9H2,1-3H3,(H,20,21). The molecule has 2 aromatic carbocycles. The van der Waals surface area contributed by atoms with Gasteiger partial charge in [-0.2, -0.15) is 0 Å². The fraction of sp³-hybridized carbons (Fsp3) is 0.235. The molecule has 0 unspecified atom stereocenters. The lowest BCUT2D eigenvalue weighted by Gasteiger charge is -2.11. The molecule has 0 radical (unpaired) electrons. The third kappa shape index (κ3) is 4.15. The average molecular weight is 338 g/mol. The van der Waals surface area contributed by atoms with Crippen LogP contribution in [-0.4, -0.2) is 12.5 Å². The quantitative estimate of drug-likeness (QED) is 0.858. The Kier molecular flexibility index (Phi) is 5.33. The van der Waals surface area contributed by atoms with Gasteiger partial charge in [0.2, 0.25) is 0 Å². The molecule has 0 aromatic heterocycles. The zero-order chi connectivity index (χ0) is 16.3. The minimum Gasteiger partial charge on any atom is -0.484 e. The number of ether oxygens (including phenoxy) is 1. The molecule has 3 nitrogen and oxygen atoms in total. The third-order valence-electron chi connectivity index (χ3n) is 3.24. The Hall–Kier alpha value is -1.71. The Bertz CT molecular complexity index is 691. The lowest BCUT2D eigenvalue weighted by atomic mass is 10.1. The highest BCUT2D eigenvalue weighted by molar-refractivity contribution is 6.32. The van der Waals surface area contributed by atoms with Gasteiger partial charge in [-0.15, -0.1) is 0 Å². The van der Waals surface area contributed by atoms with Gasteiger partial charge in [-0.1, -0.05) is 29.3 Å². The van der Waals surface area contributed by atoms with Crippen LogP contribution in [0, 0.1) is 20.8 Å². The Morgan fingerprint density at radius 2 is 1.68 bits per heavy atom. The molecule has 22 heavy (non-hydrogen) atoms. The molecule has 0 aliphatic rings. The van der Waals surface area contributed by atoms with E-state index in [-0.39, 0.29) is 12.5 Å². The smallest absolute Gasteiger partial charge is 0.262 e. The molecule has 0 spiro atoms. The number of hydrogen-bond acceptors (Lipinski definition) is 2. The number of benzene rings is 2. The normalized spacial score (nSPS) is 10.4. The van der Waals surface area contributed by atoms with Crippen molar-refractivity contribution in [1.29, 1.82) is 0 Å². The van der Waals surface area contributed by atoms with Crippen molar-refractivity contribution in [3.05, 3.63) is 57.1 Å². The second-order valence-electron chi connectivity index (χ2n) is 5.17. The number of aryl methyl sites for hydroxylation is 3. The summed E-state index contributed by atoms with van der Waals surface area (Å²) in [5, 5.41) is 4.07. The number of carbonyl (C=O) groups is 1. The van der Waals surface area contributed by atoms with Gasteiger partial charge in [-0.05, 0) is 61.7 Å². The SMILES string of the molecule is Cc1ccc(NC(=O)COc2cc(C)c(Cl)c(C)c2)cc1Cl. The maximum absolute atomic E-state index is 11.9. The monoisotopic (exact) mass is 337 g/mol. The predicted octanol–water partition coefficient (Wildman–Crippen LogP) is 4.94. The second kappa shape index (κ2) is 7.03. The molecule has 0 aliphatic heterocycles. The Morgan fingerprint density at radius 3 is 2.27 bits per heavy atom. The molecule has 2 rings (SSSR count). The van der Waals surface area contributed by atoms with Crippen LogP contribution in [0.15, 0.2) is 30.3 Å². The van der Waals surface area contributed by atoms with Crippen LogP contribution >= 0.6 is 23.2 Å². The topological polar surface area (TPSA) is 38.3 Å². The van der Waals surface area contributed by atoms with E-state index in [0.29, 0.717) is 21.5 Å². The van der Waals surface area contributed by atoms with Crippen molar-refractivity contribution in [2.24, 2.45) is 0 Å². The minimum absolute atomic E-state index is 0.0774. The highest BCUT2D eigenvalue weighted by atomic mass is 35.5. The van der Waals surface area contributed by atoms with Gasteiger partial charge in [0.05, 0.1) is 0 Å². The molecule has 1 amide bonds. The lowest BCUT2D eigenvalue weighted by molar-refractivity contribution is -0.118. The maximum Gasteiger partial charge on any atom is 0.262 e. The first-order chi connectivity index (χ1) is 10.4. The summed E-state index contributed by atoms with van der Waals surface area (Å²) in [5.74, 6) is 0.377. The number of nitrogens with one attached hydrogen (secondary N) is 1. The van der Waals surface area contributed by atoms with E-state index in [2.05, 4.69) is 5.32 Å². The van der Waals surface area contributed by atoms with Crippen LogP contribution < -0.4 is 10.1 Å². The van der Waals surface area contributed by atoms with E-state index < -0.39 is 0 Å². The van der Waals surface area contributed by atoms with Gasteiger partial charge in [-0.3, -0.25) is 4.79 Å². The zero-order valence-corrected chi connectivity index (χ0v) is 14.2. The van der Waals surface area contributed by atoms with E-state index in [1.807, 2.05) is 39.0 Å². The molecule has 0 saturated heterocycles. The lowest BCUT2D eigenvalue weighted by Crippen LogP contribution is -2.20. The molecule has 0 atom stereocenters. The van der Waals surface area contributed by atoms with Gasteiger partial charge in [0, 0.05) is 15.7 Å². The molecule has 0 fully saturated rings. The third-order valence-corrected chi connectivity index (χ3v) is 4.24. The Labute approximate surface area is 140 Å². The van der Waals surface area contributed by atoms with Gasteiger partial charge in [-0.25, -0.2) is 0 Å². The number of anilines is 1. The highest BCUT2D eigenvalue weighted by Crippen LogP contribution is 2.26. The van der Waals surface area contributed by atoms with Crippen LogP contribution in [0.25, 0.3) is 0 Å². The molecule has 0 saturated carbocycles. The first kappa shape index (κ1) is 16.7. The van der Waals surface area contributed by atoms with Crippen molar-refractivity contribution in [2.45, 2.75) is 20.8 Å². The van der Waals surface area contributed by atoms with Gasteiger partial charge < -0.3 is 10.1 Å². The van der Waals surface area contributed by atoms with Gasteiger partial charge in [0.15, 0.2) is 6.61 Å². The van der Waals surface area contributed by atoms with Crippen LogP contribution in [0.4, 0.5) is 5.69 Å². The van der Waals surface area contributed by atoms with Gasteiger partial charge in [0.25, 0.3) is 5.91 Å². The van der Waals surface area contributed by atoms with Crippen molar-refractivity contribution in [3.63, 3.8) is 0 Å². The van der Waals surface area contributed by atoms with E-state index in [9.17, 15) is 4.79 Å². The van der Waals surface area contributed by atoms with E-state index in [4.69, 9.17) is 27.9 Å². The number of halogens is 2. The highest BCUT2D eigenvalue weighted by Gasteiger charge is 2.07. The van der Waals surface area contributed by atoms with Crippen LogP contribution in [-0.2, 0) is 4.79 Å². The van der Waals surface area contributed by atoms with Crippen molar-refractivity contribution in [2.75, 3.05) is 11.9 Å². The van der Waals surface area contributed by atoms with Crippen molar-refractivity contribution < 1.29 is 9.53 Å². The summed E-state index contributed by atoms with van der Waals surface area (Å²) in [6.45, 7) is 5.63. The predicted molar refractivity (Wildman–Crippen MR) is 91.2 cm³/mol. The molecule has 0 bridgehead atoms. The summed E-state index contributed by atoms with van der Waals surface area (Å²) in [6.07, 6.45) is 0. The summed E-state index contributed by atoms with van der Waals surface area (Å²) in [7, 11) is 0. The molecule has 1 N–H and O–H groups in total. The van der Waals surface area contributed by atoms with E-state index in [0.717, 1.165) is 16.7 Å². The summed E-state index contributed by atoms with van der Waals surface area (Å²) >= 11 is 12.1. The summed E-state index contributed by atoms with van der Waals surface area (Å²) in [5.41, 5.74) is 3.44. The molecular formula is C17H17Cl2NO2. The molecule has 5 heteroatoms. The molecular weight excluding hydrogens is 321 g/mol. The van der Waals surface area contributed by atoms with Gasteiger partial charge in [0.1, 0.15) is 5.75 Å². The zero-order valence-electron chi connectivity index (χ0n) is 12.7. The largest absolute Gasteiger partial charge is 0.484 e. The Balaban J connectivity index is 1.96. The molecule has 0 aliphatic carbocycles. The molecule has 2 aromatic rings. The fourth-order valence-electron chi connectivity index (χ4n) is 2.01. The van der Waals surface area contributed by atoms with E-state index in [1.165, 1.54) is 0 Å². The first-order valence-electron chi connectivity index (χ1n) is 6.82. The van der Waals surface area contributed by atoms with E-state index >= 15 is 0 Å². The molecule has 0 heterocycles. The van der Waals surface area contributed by atoms with E-state index in [1.54, 1.807) is 12.1 Å². The van der Waals surface area contributed by atoms with Crippen LogP contribution in [0.2, 0.25) is 10.0 Å². The van der Waals surface area contributed by atoms with Crippen molar-refractivity contribution in [3.8, 4) is 5.75 Å². The van der Waals surface area contributed by atoms with Crippen LogP contribution in [0.5, 0.6) is 5.75 Å². The number of rotatable bonds is 4. The summed E-state index contributed by atoms with van der Waals surface area (Å²) in [4.78, 5) is 11.9. The first-order valence-corrected chi connectivity index (χ1v) is 7.58. The Morgan fingerprint density at radius 1 is 1.05 bits per heavy atom. The molecule has 116 valence electrons.